The third-order valence-corrected chi connectivity index (χ3v) is 3.32. The van der Waals surface area contributed by atoms with E-state index in [0.29, 0.717) is 23.5 Å². The Balaban J connectivity index is 2.44. The molecule has 2 nitrogen and oxygen atoms in total. The van der Waals surface area contributed by atoms with Crippen LogP contribution < -0.4 is 5.32 Å². The van der Waals surface area contributed by atoms with E-state index in [1.54, 1.807) is 0 Å². The van der Waals surface area contributed by atoms with Crippen LogP contribution in [-0.2, 0) is 0 Å². The molecule has 0 aliphatic heterocycles. The fourth-order valence-corrected chi connectivity index (χ4v) is 3.38. The van der Waals surface area contributed by atoms with Gasteiger partial charge in [0.2, 0.25) is 0 Å². The maximum atomic E-state index is 8.76. The van der Waals surface area contributed by atoms with E-state index in [0.717, 1.165) is 13.0 Å². The van der Waals surface area contributed by atoms with Crippen LogP contribution in [0.3, 0.4) is 0 Å². The second kappa shape index (κ2) is 4.84. The van der Waals surface area contributed by atoms with Crippen LogP contribution in [0.25, 0.3) is 0 Å². The molecule has 0 heterocycles. The van der Waals surface area contributed by atoms with E-state index >= 15 is 0 Å². The lowest BCUT2D eigenvalue weighted by molar-refractivity contribution is 0.0845. The minimum absolute atomic E-state index is 0.298. The van der Waals surface area contributed by atoms with Crippen molar-refractivity contribution in [1.82, 2.24) is 5.32 Å². The molecule has 0 aromatic heterocycles. The van der Waals surface area contributed by atoms with Crippen LogP contribution in [0, 0.1) is 10.8 Å². The summed E-state index contributed by atoms with van der Waals surface area (Å²) in [6.07, 6.45) is 4.72. The highest BCUT2D eigenvalue weighted by atomic mass is 16.3. The first kappa shape index (κ1) is 13.0. The van der Waals surface area contributed by atoms with E-state index in [9.17, 15) is 0 Å². The predicted octanol–water partition coefficient (Wildman–Crippen LogP) is 2.56. The molecule has 1 aliphatic carbocycles. The highest BCUT2D eigenvalue weighted by molar-refractivity contribution is 4.92. The molecule has 0 unspecified atom stereocenters. The van der Waals surface area contributed by atoms with Crippen molar-refractivity contribution >= 4 is 0 Å². The molecule has 0 aromatic carbocycles. The van der Waals surface area contributed by atoms with E-state index in [-0.39, 0.29) is 0 Å². The summed E-state index contributed by atoms with van der Waals surface area (Å²) in [5.74, 6) is 0. The number of aliphatic hydroxyl groups excluding tert-OH is 1. The zero-order valence-electron chi connectivity index (χ0n) is 10.8. The smallest absolute Gasteiger partial charge is 0.0443 e. The van der Waals surface area contributed by atoms with Gasteiger partial charge < -0.3 is 10.4 Å². The van der Waals surface area contributed by atoms with Gasteiger partial charge in [0.25, 0.3) is 0 Å². The molecule has 90 valence electrons. The summed E-state index contributed by atoms with van der Waals surface area (Å²) in [4.78, 5) is 0. The van der Waals surface area contributed by atoms with Gasteiger partial charge in [0.1, 0.15) is 0 Å². The second-order valence-electron chi connectivity index (χ2n) is 6.64. The zero-order chi connectivity index (χ0) is 11.5. The molecule has 1 saturated carbocycles. The quantitative estimate of drug-likeness (QED) is 0.703. The Bertz CT molecular complexity index is 183. The Morgan fingerprint density at radius 3 is 2.13 bits per heavy atom. The fourth-order valence-electron chi connectivity index (χ4n) is 3.38. The standard InChI is InChI=1S/C13H27NO/c1-12(2)8-11(14-6-5-7-15)9-13(3,4)10-12/h11,14-15H,5-10H2,1-4H3. The summed E-state index contributed by atoms with van der Waals surface area (Å²) in [6.45, 7) is 10.7. The second-order valence-corrected chi connectivity index (χ2v) is 6.64. The number of rotatable bonds is 4. The normalized spacial score (nSPS) is 25.4. The van der Waals surface area contributed by atoms with Gasteiger partial charge in [-0.2, -0.15) is 0 Å². The first-order valence-corrected chi connectivity index (χ1v) is 6.19. The van der Waals surface area contributed by atoms with Gasteiger partial charge in [-0.05, 0) is 43.1 Å². The van der Waals surface area contributed by atoms with Gasteiger partial charge in [-0.25, -0.2) is 0 Å². The highest BCUT2D eigenvalue weighted by Gasteiger charge is 2.37. The van der Waals surface area contributed by atoms with Gasteiger partial charge in [0, 0.05) is 12.6 Å². The number of hydrogen-bond acceptors (Lipinski definition) is 2. The molecule has 0 aromatic rings. The Hall–Kier alpha value is -0.0800. The molecule has 2 heteroatoms. The first-order valence-electron chi connectivity index (χ1n) is 6.19. The SMILES string of the molecule is CC1(C)CC(NCCCO)CC(C)(C)C1. The van der Waals surface area contributed by atoms with Crippen LogP contribution in [0.2, 0.25) is 0 Å². The van der Waals surface area contributed by atoms with E-state index in [1.165, 1.54) is 19.3 Å². The molecular weight excluding hydrogens is 186 g/mol. The topological polar surface area (TPSA) is 32.3 Å². The number of hydrogen-bond donors (Lipinski definition) is 2. The Kier molecular flexibility index (Phi) is 4.19. The van der Waals surface area contributed by atoms with E-state index in [1.807, 2.05) is 0 Å². The van der Waals surface area contributed by atoms with Gasteiger partial charge in [-0.1, -0.05) is 27.7 Å². The number of aliphatic hydroxyl groups is 1. The van der Waals surface area contributed by atoms with Gasteiger partial charge in [-0.15, -0.1) is 0 Å². The van der Waals surface area contributed by atoms with Crippen LogP contribution in [0.1, 0.15) is 53.4 Å². The number of nitrogens with one attached hydrogen (secondary N) is 1. The molecule has 0 radical (unpaired) electrons. The largest absolute Gasteiger partial charge is 0.396 e. The summed E-state index contributed by atoms with van der Waals surface area (Å²) in [5, 5.41) is 12.3. The monoisotopic (exact) mass is 213 g/mol. The molecule has 0 atom stereocenters. The highest BCUT2D eigenvalue weighted by Crippen LogP contribution is 2.45. The molecule has 1 fully saturated rings. The minimum atomic E-state index is 0.298. The Morgan fingerprint density at radius 2 is 1.67 bits per heavy atom. The van der Waals surface area contributed by atoms with Gasteiger partial charge >= 0.3 is 0 Å². The van der Waals surface area contributed by atoms with Crippen molar-refractivity contribution in [3.8, 4) is 0 Å². The molecule has 2 N–H and O–H groups in total. The van der Waals surface area contributed by atoms with E-state index in [2.05, 4.69) is 33.0 Å². The van der Waals surface area contributed by atoms with Gasteiger partial charge in [0.15, 0.2) is 0 Å². The average molecular weight is 213 g/mol. The van der Waals surface area contributed by atoms with Crippen molar-refractivity contribution in [2.75, 3.05) is 13.2 Å². The minimum Gasteiger partial charge on any atom is -0.396 e. The van der Waals surface area contributed by atoms with E-state index in [4.69, 9.17) is 5.11 Å². The summed E-state index contributed by atoms with van der Waals surface area (Å²) in [5.41, 5.74) is 0.914. The predicted molar refractivity (Wildman–Crippen MR) is 64.9 cm³/mol. The van der Waals surface area contributed by atoms with Crippen molar-refractivity contribution in [2.24, 2.45) is 10.8 Å². The molecule has 1 aliphatic rings. The third kappa shape index (κ3) is 4.52. The maximum Gasteiger partial charge on any atom is 0.0443 e. The lowest BCUT2D eigenvalue weighted by Crippen LogP contribution is -2.44. The first-order chi connectivity index (χ1) is 6.85. The molecule has 15 heavy (non-hydrogen) atoms. The Morgan fingerprint density at radius 1 is 1.13 bits per heavy atom. The van der Waals surface area contributed by atoms with Crippen LogP contribution in [-0.4, -0.2) is 24.3 Å². The summed E-state index contributed by atoms with van der Waals surface area (Å²) < 4.78 is 0. The molecule has 0 amide bonds. The molecule has 0 spiro atoms. The average Bonchev–Trinajstić information content (AvgIpc) is 1.98. The molecular formula is C13H27NO. The van der Waals surface area contributed by atoms with Crippen molar-refractivity contribution in [3.05, 3.63) is 0 Å². The maximum absolute atomic E-state index is 8.76. The van der Waals surface area contributed by atoms with Crippen LogP contribution in [0.15, 0.2) is 0 Å². The summed E-state index contributed by atoms with van der Waals surface area (Å²) in [6, 6.07) is 0.635. The molecule has 0 bridgehead atoms. The summed E-state index contributed by atoms with van der Waals surface area (Å²) in [7, 11) is 0. The molecule has 1 rings (SSSR count). The van der Waals surface area contributed by atoms with Gasteiger partial charge in [0.05, 0.1) is 0 Å². The third-order valence-electron chi connectivity index (χ3n) is 3.32. The summed E-state index contributed by atoms with van der Waals surface area (Å²) >= 11 is 0. The zero-order valence-corrected chi connectivity index (χ0v) is 10.8. The lowest BCUT2D eigenvalue weighted by Gasteiger charge is -2.45. The van der Waals surface area contributed by atoms with Crippen LogP contribution >= 0.6 is 0 Å². The Labute approximate surface area is 94.5 Å². The van der Waals surface area contributed by atoms with Crippen LogP contribution in [0.5, 0.6) is 0 Å². The van der Waals surface area contributed by atoms with E-state index < -0.39 is 0 Å². The van der Waals surface area contributed by atoms with Crippen LogP contribution in [0.4, 0.5) is 0 Å². The van der Waals surface area contributed by atoms with Crippen molar-refractivity contribution in [1.29, 1.82) is 0 Å². The van der Waals surface area contributed by atoms with Gasteiger partial charge in [-0.3, -0.25) is 0 Å². The van der Waals surface area contributed by atoms with Crippen molar-refractivity contribution in [3.63, 3.8) is 0 Å². The molecule has 0 saturated heterocycles. The van der Waals surface area contributed by atoms with Crippen molar-refractivity contribution in [2.45, 2.75) is 59.4 Å². The van der Waals surface area contributed by atoms with Crippen molar-refractivity contribution < 1.29 is 5.11 Å². The lowest BCUT2D eigenvalue weighted by atomic mass is 9.63. The fraction of sp³-hybridized carbons (Fsp3) is 1.00.